The van der Waals surface area contributed by atoms with Crippen LogP contribution in [0.15, 0.2) is 16.5 Å². The Kier molecular flexibility index (Phi) is 2.80. The summed E-state index contributed by atoms with van der Waals surface area (Å²) in [5, 5.41) is 11.2. The van der Waals surface area contributed by atoms with E-state index in [1.807, 2.05) is 0 Å². The fourth-order valence-corrected chi connectivity index (χ4v) is 1.55. The molecule has 2 N–H and O–H groups in total. The van der Waals surface area contributed by atoms with Gasteiger partial charge in [-0.2, -0.15) is 0 Å². The number of carboxylic acids is 1. The zero-order valence-corrected chi connectivity index (χ0v) is 8.43. The molecule has 86 valence electrons. The van der Waals surface area contributed by atoms with Crippen molar-refractivity contribution in [1.29, 1.82) is 0 Å². The fraction of sp³-hybridized carbons (Fsp3) is 0.400. The lowest BCUT2D eigenvalue weighted by Crippen LogP contribution is -2.39. The van der Waals surface area contributed by atoms with Gasteiger partial charge < -0.3 is 19.6 Å². The van der Waals surface area contributed by atoms with Gasteiger partial charge in [0, 0.05) is 18.9 Å². The maximum Gasteiger partial charge on any atom is 0.407 e. The molecule has 2 heterocycles. The zero-order chi connectivity index (χ0) is 11.5. The van der Waals surface area contributed by atoms with Crippen LogP contribution in [0, 0.1) is 5.92 Å². The fourth-order valence-electron chi connectivity index (χ4n) is 1.55. The van der Waals surface area contributed by atoms with Gasteiger partial charge in [-0.1, -0.05) is 0 Å². The van der Waals surface area contributed by atoms with Crippen molar-refractivity contribution >= 4 is 12.1 Å². The van der Waals surface area contributed by atoms with Gasteiger partial charge in [-0.15, -0.1) is 0 Å². The highest BCUT2D eigenvalue weighted by molar-refractivity contribution is 5.84. The van der Waals surface area contributed by atoms with Crippen molar-refractivity contribution in [3.8, 4) is 0 Å². The van der Waals surface area contributed by atoms with E-state index in [9.17, 15) is 9.59 Å². The van der Waals surface area contributed by atoms with Crippen LogP contribution in [0.2, 0.25) is 0 Å². The van der Waals surface area contributed by atoms with Gasteiger partial charge in [-0.25, -0.2) is 9.59 Å². The third-order valence-electron chi connectivity index (χ3n) is 2.35. The summed E-state index contributed by atoms with van der Waals surface area (Å²) < 4.78 is 9.92. The molecule has 0 spiro atoms. The van der Waals surface area contributed by atoms with E-state index in [1.54, 1.807) is 6.07 Å². The van der Waals surface area contributed by atoms with E-state index in [1.165, 1.54) is 6.07 Å². The van der Waals surface area contributed by atoms with E-state index < -0.39 is 12.1 Å². The van der Waals surface area contributed by atoms with Crippen LogP contribution in [0.5, 0.6) is 0 Å². The van der Waals surface area contributed by atoms with Crippen molar-refractivity contribution in [2.45, 2.75) is 6.42 Å². The number of carbonyl (C=O) groups excluding carboxylic acids is 1. The first-order valence-corrected chi connectivity index (χ1v) is 4.88. The summed E-state index contributed by atoms with van der Waals surface area (Å²) in [5.74, 6) is -0.456. The Labute approximate surface area is 91.2 Å². The van der Waals surface area contributed by atoms with E-state index in [0.29, 0.717) is 25.3 Å². The topological polar surface area (TPSA) is 88.8 Å². The van der Waals surface area contributed by atoms with Crippen LogP contribution in [0.3, 0.4) is 0 Å². The number of aromatic carboxylic acids is 1. The molecule has 0 bridgehead atoms. The molecule has 6 heteroatoms. The number of cyclic esters (lactones) is 1. The maximum absolute atomic E-state index is 10.7. The van der Waals surface area contributed by atoms with Crippen LogP contribution in [0.4, 0.5) is 4.79 Å². The lowest BCUT2D eigenvalue weighted by molar-refractivity contribution is 0.0659. The number of ether oxygens (including phenoxy) is 1. The standard InChI is InChI=1S/C10H11NO5/c12-9(13)8-2-1-7(16-8)3-6-4-11-10(14)15-5-6/h1-2,6H,3-5H2,(H,11,14)(H,12,13). The smallest absolute Gasteiger partial charge is 0.407 e. The van der Waals surface area contributed by atoms with E-state index >= 15 is 0 Å². The predicted molar refractivity (Wildman–Crippen MR) is 52.2 cm³/mol. The first-order valence-electron chi connectivity index (χ1n) is 4.88. The molecule has 1 amide bonds. The number of hydrogen-bond donors (Lipinski definition) is 2. The summed E-state index contributed by atoms with van der Waals surface area (Å²) in [5.41, 5.74) is 0. The van der Waals surface area contributed by atoms with Crippen LogP contribution in [0.1, 0.15) is 16.3 Å². The molecule has 1 aliphatic rings. The largest absolute Gasteiger partial charge is 0.475 e. The third-order valence-corrected chi connectivity index (χ3v) is 2.35. The van der Waals surface area contributed by atoms with Crippen molar-refractivity contribution in [1.82, 2.24) is 5.32 Å². The Hall–Kier alpha value is -1.98. The molecule has 16 heavy (non-hydrogen) atoms. The lowest BCUT2D eigenvalue weighted by Gasteiger charge is -2.21. The number of amides is 1. The molecule has 1 aromatic heterocycles. The molecular formula is C10H11NO5. The molecule has 0 aromatic carbocycles. The van der Waals surface area contributed by atoms with Crippen LogP contribution < -0.4 is 5.32 Å². The summed E-state index contributed by atoms with van der Waals surface area (Å²) in [6.45, 7) is 0.844. The highest BCUT2D eigenvalue weighted by atomic mass is 16.6. The summed E-state index contributed by atoms with van der Waals surface area (Å²) in [6, 6.07) is 3.04. The maximum atomic E-state index is 10.7. The van der Waals surface area contributed by atoms with Gasteiger partial charge in [-0.3, -0.25) is 0 Å². The highest BCUT2D eigenvalue weighted by Crippen LogP contribution is 2.14. The first kappa shape index (κ1) is 10.5. The molecular weight excluding hydrogens is 214 g/mol. The van der Waals surface area contributed by atoms with Gasteiger partial charge >= 0.3 is 12.1 Å². The molecule has 0 saturated carbocycles. The summed E-state index contributed by atoms with van der Waals surface area (Å²) in [7, 11) is 0. The second-order valence-electron chi connectivity index (χ2n) is 3.62. The quantitative estimate of drug-likeness (QED) is 0.796. The molecule has 1 aromatic rings. The van der Waals surface area contributed by atoms with Gasteiger partial charge in [0.1, 0.15) is 5.76 Å². The monoisotopic (exact) mass is 225 g/mol. The minimum atomic E-state index is -1.08. The predicted octanol–water partition coefficient (Wildman–Crippen LogP) is 0.876. The third kappa shape index (κ3) is 2.33. The summed E-state index contributed by atoms with van der Waals surface area (Å²) in [6.07, 6.45) is 0.134. The van der Waals surface area contributed by atoms with Crippen molar-refractivity contribution in [2.24, 2.45) is 5.92 Å². The first-order chi connectivity index (χ1) is 7.65. The number of rotatable bonds is 3. The molecule has 0 radical (unpaired) electrons. The number of alkyl carbamates (subject to hydrolysis) is 1. The second kappa shape index (κ2) is 4.26. The van der Waals surface area contributed by atoms with E-state index in [4.69, 9.17) is 14.3 Å². The lowest BCUT2D eigenvalue weighted by atomic mass is 10.0. The SMILES string of the molecule is O=C1NCC(Cc2ccc(C(=O)O)o2)CO1. The number of carboxylic acid groups (broad SMARTS) is 1. The Morgan fingerprint density at radius 1 is 1.56 bits per heavy atom. The Bertz CT molecular complexity index is 401. The highest BCUT2D eigenvalue weighted by Gasteiger charge is 2.21. The van der Waals surface area contributed by atoms with Crippen LogP contribution in [-0.4, -0.2) is 30.3 Å². The molecule has 1 atom stereocenters. The van der Waals surface area contributed by atoms with Crippen LogP contribution in [-0.2, 0) is 11.2 Å². The van der Waals surface area contributed by atoms with Crippen molar-refractivity contribution < 1.29 is 23.8 Å². The van der Waals surface area contributed by atoms with Crippen molar-refractivity contribution in [3.05, 3.63) is 23.7 Å². The summed E-state index contributed by atoms with van der Waals surface area (Å²) in [4.78, 5) is 21.3. The minimum Gasteiger partial charge on any atom is -0.475 e. The molecule has 2 rings (SSSR count). The van der Waals surface area contributed by atoms with Gasteiger partial charge in [0.2, 0.25) is 5.76 Å². The molecule has 1 saturated heterocycles. The van der Waals surface area contributed by atoms with Crippen LogP contribution in [0.25, 0.3) is 0 Å². The average molecular weight is 225 g/mol. The van der Waals surface area contributed by atoms with Gasteiger partial charge in [-0.05, 0) is 12.1 Å². The molecule has 1 aliphatic heterocycles. The minimum absolute atomic E-state index is 0.0734. The number of nitrogens with one attached hydrogen (secondary N) is 1. The zero-order valence-electron chi connectivity index (χ0n) is 8.43. The molecule has 0 aliphatic carbocycles. The van der Waals surface area contributed by atoms with E-state index in [-0.39, 0.29) is 11.7 Å². The van der Waals surface area contributed by atoms with E-state index in [0.717, 1.165) is 0 Å². The van der Waals surface area contributed by atoms with Gasteiger partial charge in [0.15, 0.2) is 0 Å². The number of hydrogen-bond acceptors (Lipinski definition) is 4. The Morgan fingerprint density at radius 3 is 2.94 bits per heavy atom. The average Bonchev–Trinajstić information content (AvgIpc) is 2.70. The molecule has 1 unspecified atom stereocenters. The Balaban J connectivity index is 1.93. The summed E-state index contributed by atoms with van der Waals surface area (Å²) >= 11 is 0. The molecule has 6 nitrogen and oxygen atoms in total. The van der Waals surface area contributed by atoms with Gasteiger partial charge in [0.25, 0.3) is 0 Å². The van der Waals surface area contributed by atoms with Crippen molar-refractivity contribution in [2.75, 3.05) is 13.2 Å². The number of furan rings is 1. The Morgan fingerprint density at radius 2 is 2.38 bits per heavy atom. The molecule has 1 fully saturated rings. The van der Waals surface area contributed by atoms with E-state index in [2.05, 4.69) is 5.32 Å². The second-order valence-corrected chi connectivity index (χ2v) is 3.62. The number of carbonyl (C=O) groups is 2. The van der Waals surface area contributed by atoms with Crippen LogP contribution >= 0.6 is 0 Å². The normalized spacial score (nSPS) is 20.0. The van der Waals surface area contributed by atoms with Crippen molar-refractivity contribution in [3.63, 3.8) is 0 Å². The van der Waals surface area contributed by atoms with Gasteiger partial charge in [0.05, 0.1) is 6.61 Å².